The highest BCUT2D eigenvalue weighted by atomic mass is 35.5. The Morgan fingerprint density at radius 1 is 1.07 bits per heavy atom. The Morgan fingerprint density at radius 3 is 2.33 bits per heavy atom. The number of halogens is 1. The maximum absolute atomic E-state index is 11.4. The van der Waals surface area contributed by atoms with Crippen molar-refractivity contribution in [2.24, 2.45) is 0 Å². The van der Waals surface area contributed by atoms with Gasteiger partial charge in [-0.05, 0) is 19.3 Å². The molecule has 2 heteroatoms. The van der Waals surface area contributed by atoms with E-state index >= 15 is 0 Å². The molecule has 0 unspecified atom stereocenters. The van der Waals surface area contributed by atoms with Gasteiger partial charge in [-0.3, -0.25) is 4.79 Å². The lowest BCUT2D eigenvalue weighted by Crippen LogP contribution is -1.99. The fraction of sp³-hybridized carbons (Fsp3) is 0.769. The maximum atomic E-state index is 11.4. The molecule has 0 aromatic carbocycles. The van der Waals surface area contributed by atoms with Gasteiger partial charge in [0.05, 0.1) is 0 Å². The number of unbranched alkanes of at least 4 members (excludes halogenated alkanes) is 3. The molecule has 0 atom stereocenters. The Bertz CT molecular complexity index is 197. The van der Waals surface area contributed by atoms with Crippen LogP contribution in [0.5, 0.6) is 0 Å². The molecule has 0 amide bonds. The minimum atomic E-state index is 0.319. The van der Waals surface area contributed by atoms with Crippen LogP contribution in [0, 0.1) is 0 Å². The molecular formula is C13H23ClO. The number of rotatable bonds is 9. The molecule has 88 valence electrons. The van der Waals surface area contributed by atoms with Crippen molar-refractivity contribution in [2.75, 3.05) is 0 Å². The van der Waals surface area contributed by atoms with Crippen LogP contribution in [0.4, 0.5) is 0 Å². The van der Waals surface area contributed by atoms with Crippen LogP contribution in [0.25, 0.3) is 0 Å². The smallest absolute Gasteiger partial charge is 0.136 e. The van der Waals surface area contributed by atoms with Gasteiger partial charge in [0, 0.05) is 18.4 Å². The molecule has 0 aromatic rings. The zero-order valence-corrected chi connectivity index (χ0v) is 10.8. The van der Waals surface area contributed by atoms with Crippen LogP contribution in [0.1, 0.15) is 65.2 Å². The predicted molar refractivity (Wildman–Crippen MR) is 67.2 cm³/mol. The highest BCUT2D eigenvalue weighted by Crippen LogP contribution is 2.16. The average molecular weight is 231 g/mol. The van der Waals surface area contributed by atoms with Crippen molar-refractivity contribution >= 4 is 17.4 Å². The molecule has 0 N–H and O–H groups in total. The monoisotopic (exact) mass is 230 g/mol. The summed E-state index contributed by atoms with van der Waals surface area (Å²) in [6, 6.07) is 0. The molecule has 15 heavy (non-hydrogen) atoms. The highest BCUT2D eigenvalue weighted by Gasteiger charge is 2.04. The third-order valence-corrected chi connectivity index (χ3v) is 2.77. The summed E-state index contributed by atoms with van der Waals surface area (Å²) in [4.78, 5) is 11.4. The molecule has 0 aliphatic heterocycles. The Kier molecular flexibility index (Phi) is 10.0. The summed E-state index contributed by atoms with van der Waals surface area (Å²) < 4.78 is 0. The number of ketones is 1. The molecule has 0 radical (unpaired) electrons. The van der Waals surface area contributed by atoms with Crippen molar-refractivity contribution in [1.82, 2.24) is 0 Å². The van der Waals surface area contributed by atoms with E-state index in [1.165, 1.54) is 19.3 Å². The zero-order valence-electron chi connectivity index (χ0n) is 10.0. The number of Topliss-reactive ketones (excluding diaryl/α,β-unsaturated/α-hetero) is 1. The molecule has 0 spiro atoms. The number of hydrogen-bond acceptors (Lipinski definition) is 1. The lowest BCUT2D eigenvalue weighted by Gasteiger charge is -2.05. The van der Waals surface area contributed by atoms with Crippen molar-refractivity contribution in [3.8, 4) is 0 Å². The molecule has 1 nitrogen and oxygen atoms in total. The SMILES string of the molecule is CCCCCCC(=CCl)CC(=O)CCC. The van der Waals surface area contributed by atoms with Crippen LogP contribution < -0.4 is 0 Å². The Morgan fingerprint density at radius 2 is 1.80 bits per heavy atom. The van der Waals surface area contributed by atoms with E-state index in [0.717, 1.165) is 24.8 Å². The normalized spacial score (nSPS) is 11.8. The maximum Gasteiger partial charge on any atom is 0.136 e. The second-order valence-electron chi connectivity index (χ2n) is 4.04. The molecule has 0 aliphatic carbocycles. The van der Waals surface area contributed by atoms with Crippen molar-refractivity contribution in [2.45, 2.75) is 65.2 Å². The van der Waals surface area contributed by atoms with Crippen LogP contribution in [0.3, 0.4) is 0 Å². The van der Waals surface area contributed by atoms with E-state index in [0.29, 0.717) is 18.6 Å². The summed E-state index contributed by atoms with van der Waals surface area (Å²) in [5, 5.41) is 0. The van der Waals surface area contributed by atoms with Crippen LogP contribution in [-0.4, -0.2) is 5.78 Å². The Balaban J connectivity index is 3.69. The van der Waals surface area contributed by atoms with E-state index in [1.54, 1.807) is 5.54 Å². The fourth-order valence-electron chi connectivity index (χ4n) is 1.58. The fourth-order valence-corrected chi connectivity index (χ4v) is 1.77. The van der Waals surface area contributed by atoms with Crippen LogP contribution in [0.2, 0.25) is 0 Å². The first-order valence-electron chi connectivity index (χ1n) is 6.04. The van der Waals surface area contributed by atoms with E-state index < -0.39 is 0 Å². The number of carbonyl (C=O) groups excluding carboxylic acids is 1. The summed E-state index contributed by atoms with van der Waals surface area (Å²) in [6.45, 7) is 4.23. The highest BCUT2D eigenvalue weighted by molar-refractivity contribution is 6.25. The van der Waals surface area contributed by atoms with Gasteiger partial charge in [0.1, 0.15) is 5.78 Å². The molecule has 0 saturated heterocycles. The first kappa shape index (κ1) is 14.7. The molecule has 0 rings (SSSR count). The van der Waals surface area contributed by atoms with Crippen LogP contribution >= 0.6 is 11.6 Å². The van der Waals surface area contributed by atoms with E-state index in [4.69, 9.17) is 11.6 Å². The van der Waals surface area contributed by atoms with Crippen molar-refractivity contribution < 1.29 is 4.79 Å². The minimum absolute atomic E-state index is 0.319. The van der Waals surface area contributed by atoms with Gasteiger partial charge in [-0.25, -0.2) is 0 Å². The van der Waals surface area contributed by atoms with Crippen molar-refractivity contribution in [3.63, 3.8) is 0 Å². The number of carbonyl (C=O) groups is 1. The van der Waals surface area contributed by atoms with Crippen molar-refractivity contribution in [3.05, 3.63) is 11.1 Å². The van der Waals surface area contributed by atoms with E-state index in [9.17, 15) is 4.79 Å². The number of hydrogen-bond donors (Lipinski definition) is 0. The quantitative estimate of drug-likeness (QED) is 0.518. The topological polar surface area (TPSA) is 17.1 Å². The second kappa shape index (κ2) is 10.2. The first-order chi connectivity index (χ1) is 7.24. The molecule has 0 aliphatic rings. The van der Waals surface area contributed by atoms with Gasteiger partial charge in [0.25, 0.3) is 0 Å². The number of allylic oxidation sites excluding steroid dienone is 1. The van der Waals surface area contributed by atoms with E-state index in [2.05, 4.69) is 6.92 Å². The second-order valence-corrected chi connectivity index (χ2v) is 4.26. The van der Waals surface area contributed by atoms with Crippen molar-refractivity contribution in [1.29, 1.82) is 0 Å². The van der Waals surface area contributed by atoms with Gasteiger partial charge in [-0.2, -0.15) is 0 Å². The van der Waals surface area contributed by atoms with E-state index in [-0.39, 0.29) is 0 Å². The van der Waals surface area contributed by atoms with Gasteiger partial charge in [0.2, 0.25) is 0 Å². The van der Waals surface area contributed by atoms with Crippen LogP contribution in [-0.2, 0) is 4.79 Å². The van der Waals surface area contributed by atoms with Gasteiger partial charge in [-0.1, -0.05) is 50.3 Å². The van der Waals surface area contributed by atoms with Gasteiger partial charge in [0.15, 0.2) is 0 Å². The standard InChI is InChI=1S/C13H23ClO/c1-3-5-6-7-9-12(11-14)10-13(15)8-4-2/h11H,3-10H2,1-2H3. The zero-order chi connectivity index (χ0) is 11.5. The summed E-state index contributed by atoms with van der Waals surface area (Å²) in [7, 11) is 0. The largest absolute Gasteiger partial charge is 0.299 e. The average Bonchev–Trinajstić information content (AvgIpc) is 2.23. The third kappa shape index (κ3) is 8.68. The molecule has 0 saturated carbocycles. The molecule has 0 heterocycles. The lowest BCUT2D eigenvalue weighted by atomic mass is 10.0. The van der Waals surface area contributed by atoms with Gasteiger partial charge in [-0.15, -0.1) is 0 Å². The molecule has 0 aromatic heterocycles. The summed E-state index contributed by atoms with van der Waals surface area (Å²) in [5.74, 6) is 0.319. The van der Waals surface area contributed by atoms with Crippen LogP contribution in [0.15, 0.2) is 11.1 Å². The van der Waals surface area contributed by atoms with E-state index in [1.807, 2.05) is 6.92 Å². The molecule has 0 fully saturated rings. The van der Waals surface area contributed by atoms with Gasteiger partial charge >= 0.3 is 0 Å². The predicted octanol–water partition coefficient (Wildman–Crippen LogP) is 4.84. The lowest BCUT2D eigenvalue weighted by molar-refractivity contribution is -0.118. The first-order valence-corrected chi connectivity index (χ1v) is 6.48. The van der Waals surface area contributed by atoms with Gasteiger partial charge < -0.3 is 0 Å². The Hall–Kier alpha value is -0.300. The summed E-state index contributed by atoms with van der Waals surface area (Å²) in [6.07, 6.45) is 8.08. The minimum Gasteiger partial charge on any atom is -0.299 e. The Labute approximate surface area is 98.9 Å². The summed E-state index contributed by atoms with van der Waals surface area (Å²) in [5.41, 5.74) is 2.70. The third-order valence-electron chi connectivity index (χ3n) is 2.46. The molecule has 0 bridgehead atoms. The summed E-state index contributed by atoms with van der Waals surface area (Å²) >= 11 is 5.71. The molecular weight excluding hydrogens is 208 g/mol.